The maximum Gasteiger partial charge on any atom is 0.259 e. The number of aromatic amines is 1. The molecule has 0 unspecified atom stereocenters. The van der Waals surface area contributed by atoms with Gasteiger partial charge in [-0.25, -0.2) is 9.97 Å². The third-order valence-corrected chi connectivity index (χ3v) is 11.5. The predicted molar refractivity (Wildman–Crippen MR) is 201 cm³/mol. The number of aryl methyl sites for hydroxylation is 1. The second-order valence-electron chi connectivity index (χ2n) is 13.9. The Kier molecular flexibility index (Phi) is 7.93. The first-order valence-electron chi connectivity index (χ1n) is 17.4. The van der Waals surface area contributed by atoms with Crippen LogP contribution in [0.25, 0.3) is 21.6 Å². The Balaban J connectivity index is 0.918. The number of amides is 2. The van der Waals surface area contributed by atoms with Crippen molar-refractivity contribution >= 4 is 57.2 Å². The van der Waals surface area contributed by atoms with Gasteiger partial charge in [-0.15, -0.1) is 11.3 Å². The van der Waals surface area contributed by atoms with E-state index in [1.807, 2.05) is 55.5 Å². The van der Waals surface area contributed by atoms with Gasteiger partial charge in [-0.1, -0.05) is 12.1 Å². The van der Waals surface area contributed by atoms with E-state index in [1.54, 1.807) is 41.6 Å². The minimum Gasteiger partial charge on any atom is -0.381 e. The molecule has 260 valence electrons. The van der Waals surface area contributed by atoms with E-state index in [0.29, 0.717) is 57.7 Å². The van der Waals surface area contributed by atoms with E-state index >= 15 is 0 Å². The molecule has 3 aliphatic heterocycles. The van der Waals surface area contributed by atoms with Crippen molar-refractivity contribution in [3.8, 4) is 10.6 Å². The van der Waals surface area contributed by atoms with Crippen LogP contribution in [0.15, 0.2) is 85.2 Å². The number of hydrogen-bond donors (Lipinski definition) is 2. The number of rotatable bonds is 6. The Labute approximate surface area is 303 Å². The zero-order valence-electron chi connectivity index (χ0n) is 28.5. The topological polar surface area (TPSA) is 133 Å². The normalized spacial score (nSPS) is 16.2. The van der Waals surface area contributed by atoms with Crippen molar-refractivity contribution in [3.63, 3.8) is 0 Å². The Morgan fingerprint density at radius 3 is 2.58 bits per heavy atom. The van der Waals surface area contributed by atoms with Gasteiger partial charge in [0.25, 0.3) is 11.8 Å². The van der Waals surface area contributed by atoms with Crippen LogP contribution in [0.4, 0.5) is 17.2 Å². The molecule has 9 rings (SSSR count). The van der Waals surface area contributed by atoms with Gasteiger partial charge in [0.2, 0.25) is 5.78 Å². The quantitative estimate of drug-likeness (QED) is 0.183. The number of benzene rings is 2. The van der Waals surface area contributed by atoms with Crippen molar-refractivity contribution in [1.29, 1.82) is 0 Å². The lowest BCUT2D eigenvalue weighted by atomic mass is 9.73. The number of hydrogen-bond acceptors (Lipinski definition) is 9. The maximum absolute atomic E-state index is 14.0. The summed E-state index contributed by atoms with van der Waals surface area (Å²) in [7, 11) is 0. The van der Waals surface area contributed by atoms with Crippen LogP contribution in [0.1, 0.15) is 60.2 Å². The van der Waals surface area contributed by atoms with E-state index in [-0.39, 0.29) is 23.0 Å². The predicted octanol–water partition coefficient (Wildman–Crippen LogP) is 6.69. The van der Waals surface area contributed by atoms with Gasteiger partial charge in [0, 0.05) is 61.9 Å². The van der Waals surface area contributed by atoms with Gasteiger partial charge in [0.1, 0.15) is 11.5 Å². The van der Waals surface area contributed by atoms with Gasteiger partial charge in [-0.3, -0.25) is 19.4 Å². The van der Waals surface area contributed by atoms with Crippen LogP contribution in [0.5, 0.6) is 0 Å². The van der Waals surface area contributed by atoms with Crippen molar-refractivity contribution in [2.45, 2.75) is 26.2 Å². The summed E-state index contributed by atoms with van der Waals surface area (Å²) in [6.07, 6.45) is 6.12. The molecule has 7 heterocycles. The molecule has 2 N–H and O–H groups in total. The van der Waals surface area contributed by atoms with Crippen molar-refractivity contribution in [2.24, 2.45) is 5.41 Å². The van der Waals surface area contributed by atoms with Crippen molar-refractivity contribution in [2.75, 3.05) is 48.0 Å². The molecule has 3 aliphatic rings. The van der Waals surface area contributed by atoms with Crippen molar-refractivity contribution in [1.82, 2.24) is 19.9 Å². The number of anilines is 3. The Morgan fingerprint density at radius 1 is 0.962 bits per heavy atom. The number of pyridine rings is 2. The molecule has 12 heteroatoms. The molecule has 11 nitrogen and oxygen atoms in total. The number of carbonyl (C=O) groups is 3. The fourth-order valence-corrected chi connectivity index (χ4v) is 8.68. The number of aromatic nitrogens is 4. The van der Waals surface area contributed by atoms with Crippen LogP contribution in [0.2, 0.25) is 0 Å². The Morgan fingerprint density at radius 2 is 1.77 bits per heavy atom. The number of imidazole rings is 1. The van der Waals surface area contributed by atoms with E-state index in [4.69, 9.17) is 4.74 Å². The van der Waals surface area contributed by atoms with Gasteiger partial charge in [-0.2, -0.15) is 0 Å². The first-order valence-corrected chi connectivity index (χ1v) is 18.3. The van der Waals surface area contributed by atoms with Gasteiger partial charge in [-0.05, 0) is 98.0 Å². The number of nitrogens with one attached hydrogen (secondary N) is 2. The number of H-pyrrole nitrogens is 1. The van der Waals surface area contributed by atoms with E-state index in [2.05, 4.69) is 30.2 Å². The lowest BCUT2D eigenvalue weighted by Gasteiger charge is -2.53. The molecule has 0 aliphatic carbocycles. The molecule has 2 fully saturated rings. The lowest BCUT2D eigenvalue weighted by Crippen LogP contribution is -2.59. The molecular formula is C40H35N7O4S. The van der Waals surface area contributed by atoms with E-state index in [1.165, 1.54) is 11.3 Å². The van der Waals surface area contributed by atoms with Crippen LogP contribution in [0.3, 0.4) is 0 Å². The van der Waals surface area contributed by atoms with Gasteiger partial charge in [0.05, 0.1) is 32.0 Å². The van der Waals surface area contributed by atoms with Crippen LogP contribution >= 0.6 is 11.3 Å². The van der Waals surface area contributed by atoms with Gasteiger partial charge in [0.15, 0.2) is 5.82 Å². The standard InChI is InChI=1S/C40H35N7O4S/c1-24-19-28(37(42-21-24)46-22-40(23-46)13-17-51-18-14-40)38(49)43-27-10-8-25(9-11-27)39(50)47-16-12-26-20-32(52-35(26)33-31(47)7-4-15-41-33)34(48)36-44-29-5-2-3-6-30(29)45-36/h2-11,15,19-21H,12-14,16-18,22-23H2,1H3,(H,43,49)(H,44,45). The first-order chi connectivity index (χ1) is 25.3. The smallest absolute Gasteiger partial charge is 0.259 e. The molecule has 1 spiro atoms. The number of nitrogens with zero attached hydrogens (tertiary/aromatic N) is 5. The lowest BCUT2D eigenvalue weighted by molar-refractivity contribution is -0.000511. The molecule has 0 radical (unpaired) electrons. The monoisotopic (exact) mass is 709 g/mol. The summed E-state index contributed by atoms with van der Waals surface area (Å²) in [5.41, 5.74) is 6.61. The summed E-state index contributed by atoms with van der Waals surface area (Å²) in [4.78, 5) is 63.5. The second-order valence-corrected chi connectivity index (χ2v) is 14.9. The van der Waals surface area contributed by atoms with Gasteiger partial charge < -0.3 is 24.8 Å². The summed E-state index contributed by atoms with van der Waals surface area (Å²) >= 11 is 1.37. The zero-order valence-corrected chi connectivity index (χ0v) is 29.3. The highest BCUT2D eigenvalue weighted by atomic mass is 32.1. The molecule has 2 amide bonds. The summed E-state index contributed by atoms with van der Waals surface area (Å²) in [6, 6.07) is 22.0. The second kappa shape index (κ2) is 12.8. The third-order valence-electron chi connectivity index (χ3n) is 10.3. The van der Waals surface area contributed by atoms with Crippen LogP contribution < -0.4 is 15.1 Å². The fraction of sp³-hybridized carbons (Fsp3) is 0.250. The Bertz CT molecular complexity index is 2340. The summed E-state index contributed by atoms with van der Waals surface area (Å²) < 4.78 is 5.57. The van der Waals surface area contributed by atoms with E-state index in [9.17, 15) is 14.4 Å². The highest BCUT2D eigenvalue weighted by Gasteiger charge is 2.45. The highest BCUT2D eigenvalue weighted by Crippen LogP contribution is 2.43. The average Bonchev–Trinajstić information content (AvgIpc) is 3.76. The fourth-order valence-electron chi connectivity index (χ4n) is 7.52. The summed E-state index contributed by atoms with van der Waals surface area (Å²) in [5.74, 6) is 0.400. The number of carbonyl (C=O) groups excluding carboxylic acids is 3. The third kappa shape index (κ3) is 5.73. The van der Waals surface area contributed by atoms with Crippen molar-refractivity contribution in [3.05, 3.63) is 118 Å². The SMILES string of the molecule is Cc1cnc(N2CC3(CCOCC3)C2)c(C(=O)Nc2ccc(C(=O)N3CCc4cc(C(=O)c5nc6ccccc6[nH]5)sc4-c4ncccc43)cc2)c1. The van der Waals surface area contributed by atoms with E-state index < -0.39 is 0 Å². The van der Waals surface area contributed by atoms with Crippen molar-refractivity contribution < 1.29 is 19.1 Å². The van der Waals surface area contributed by atoms with E-state index in [0.717, 1.165) is 66.2 Å². The molecular weight excluding hydrogens is 675 g/mol. The first kappa shape index (κ1) is 32.2. The molecule has 0 atom stereocenters. The number of thiophene rings is 1. The largest absolute Gasteiger partial charge is 0.381 e. The molecule has 4 aromatic heterocycles. The van der Waals surface area contributed by atoms with Crippen LogP contribution in [-0.2, 0) is 11.2 Å². The summed E-state index contributed by atoms with van der Waals surface area (Å²) in [5, 5.41) is 3.02. The van der Waals surface area contributed by atoms with Crippen LogP contribution in [-0.4, -0.2) is 70.4 Å². The Hall–Kier alpha value is -5.72. The molecule has 6 aromatic rings. The molecule has 52 heavy (non-hydrogen) atoms. The highest BCUT2D eigenvalue weighted by molar-refractivity contribution is 7.17. The van der Waals surface area contributed by atoms with Crippen LogP contribution in [0, 0.1) is 12.3 Å². The molecule has 2 saturated heterocycles. The number of fused-ring (bicyclic) bond motifs is 4. The summed E-state index contributed by atoms with van der Waals surface area (Å²) in [6.45, 7) is 5.64. The minimum absolute atomic E-state index is 0.175. The zero-order chi connectivity index (χ0) is 35.4. The number of ketones is 1. The average molecular weight is 710 g/mol. The number of para-hydroxylation sites is 2. The molecule has 0 bridgehead atoms. The molecule has 2 aromatic carbocycles. The maximum atomic E-state index is 14.0. The molecule has 0 saturated carbocycles. The minimum atomic E-state index is -0.241. The van der Waals surface area contributed by atoms with Gasteiger partial charge >= 0.3 is 0 Å². The number of ether oxygens (including phenoxy) is 1.